The van der Waals surface area contributed by atoms with Crippen molar-refractivity contribution in [2.45, 2.75) is 25.8 Å². The van der Waals surface area contributed by atoms with Crippen molar-refractivity contribution >= 4 is 39.6 Å². The van der Waals surface area contributed by atoms with E-state index in [2.05, 4.69) is 21.7 Å². The number of nitrogens with one attached hydrogen (secondary N) is 1. The molecule has 1 atom stereocenters. The summed E-state index contributed by atoms with van der Waals surface area (Å²) in [7, 11) is 0. The van der Waals surface area contributed by atoms with Gasteiger partial charge in [-0.3, -0.25) is 9.69 Å². The van der Waals surface area contributed by atoms with Crippen LogP contribution in [0.15, 0.2) is 29.0 Å². The van der Waals surface area contributed by atoms with E-state index in [4.69, 9.17) is 4.74 Å². The van der Waals surface area contributed by atoms with Gasteiger partial charge in [-0.25, -0.2) is 4.79 Å². The minimum Gasteiger partial charge on any atom is -0.462 e. The summed E-state index contributed by atoms with van der Waals surface area (Å²) in [6.07, 6.45) is 2.18. The number of nitrogens with zero attached hydrogens (tertiary/aromatic N) is 1. The van der Waals surface area contributed by atoms with Crippen molar-refractivity contribution in [3.63, 3.8) is 0 Å². The van der Waals surface area contributed by atoms with Crippen LogP contribution < -0.4 is 5.32 Å². The van der Waals surface area contributed by atoms with E-state index < -0.39 is 5.97 Å². The highest BCUT2D eigenvalue weighted by Gasteiger charge is 2.28. The molecular formula is C17H20N2O3S2. The summed E-state index contributed by atoms with van der Waals surface area (Å²) in [6, 6.07) is 6.18. The van der Waals surface area contributed by atoms with Crippen LogP contribution in [0.2, 0.25) is 0 Å². The molecule has 3 rings (SSSR count). The molecule has 7 heteroatoms. The lowest BCUT2D eigenvalue weighted by Gasteiger charge is -2.22. The molecule has 0 spiro atoms. The quantitative estimate of drug-likeness (QED) is 0.793. The van der Waals surface area contributed by atoms with Gasteiger partial charge in [0, 0.05) is 10.9 Å². The molecule has 1 aliphatic rings. The monoisotopic (exact) mass is 364 g/mol. The predicted molar refractivity (Wildman–Crippen MR) is 96.8 cm³/mol. The third kappa shape index (κ3) is 3.85. The van der Waals surface area contributed by atoms with Crippen LogP contribution in [0.1, 0.15) is 41.0 Å². The van der Waals surface area contributed by atoms with Crippen molar-refractivity contribution in [1.82, 2.24) is 4.90 Å². The minimum absolute atomic E-state index is 0.0912. The van der Waals surface area contributed by atoms with Gasteiger partial charge in [0.15, 0.2) is 0 Å². The van der Waals surface area contributed by atoms with Gasteiger partial charge < -0.3 is 10.1 Å². The van der Waals surface area contributed by atoms with Crippen LogP contribution in [0.3, 0.4) is 0 Å². The van der Waals surface area contributed by atoms with Crippen LogP contribution in [-0.4, -0.2) is 36.5 Å². The van der Waals surface area contributed by atoms with Gasteiger partial charge in [0.05, 0.1) is 18.7 Å². The number of likely N-dealkylation sites (tertiary alicyclic amines) is 1. The Morgan fingerprint density at radius 3 is 2.96 bits per heavy atom. The first-order valence-corrected chi connectivity index (χ1v) is 9.77. The van der Waals surface area contributed by atoms with Crippen LogP contribution >= 0.6 is 22.7 Å². The lowest BCUT2D eigenvalue weighted by Crippen LogP contribution is -2.32. The second kappa shape index (κ2) is 7.92. The Hall–Kier alpha value is -1.70. The van der Waals surface area contributed by atoms with Crippen molar-refractivity contribution in [3.8, 4) is 0 Å². The van der Waals surface area contributed by atoms with Gasteiger partial charge in [0.1, 0.15) is 5.00 Å². The highest BCUT2D eigenvalue weighted by molar-refractivity contribution is 7.14. The van der Waals surface area contributed by atoms with E-state index in [9.17, 15) is 9.59 Å². The summed E-state index contributed by atoms with van der Waals surface area (Å²) >= 11 is 3.07. The molecule has 1 N–H and O–H groups in total. The fourth-order valence-corrected chi connectivity index (χ4v) is 4.63. The molecule has 0 aromatic carbocycles. The second-order valence-electron chi connectivity index (χ2n) is 5.58. The molecule has 3 heterocycles. The molecule has 0 radical (unpaired) electrons. The van der Waals surface area contributed by atoms with Crippen molar-refractivity contribution < 1.29 is 14.3 Å². The molecule has 5 nitrogen and oxygen atoms in total. The van der Waals surface area contributed by atoms with E-state index in [1.807, 2.05) is 6.07 Å². The van der Waals surface area contributed by atoms with E-state index in [0.29, 0.717) is 29.8 Å². The molecule has 1 saturated heterocycles. The molecule has 128 valence electrons. The average molecular weight is 364 g/mol. The highest BCUT2D eigenvalue weighted by Crippen LogP contribution is 2.34. The molecular weight excluding hydrogens is 344 g/mol. The number of carbonyl (C=O) groups excluding carboxylic acids is 2. The summed E-state index contributed by atoms with van der Waals surface area (Å²) in [5.74, 6) is -0.488. The fraction of sp³-hybridized carbons (Fsp3) is 0.412. The van der Waals surface area contributed by atoms with E-state index in [1.54, 1.807) is 29.7 Å². The standard InChI is InChI=1S/C17H20N2O3S2/c1-2-22-17(21)12-7-10-24-16(12)18-15(20)11-19-8-3-5-13(19)14-6-4-9-23-14/h4,6-7,9-10,13H,2-3,5,8,11H2,1H3,(H,18,20)/t13-/m1/s1. The molecule has 1 amide bonds. The van der Waals surface area contributed by atoms with Gasteiger partial charge in [-0.05, 0) is 49.2 Å². The summed E-state index contributed by atoms with van der Waals surface area (Å²) in [5, 5.41) is 7.28. The van der Waals surface area contributed by atoms with Crippen molar-refractivity contribution in [3.05, 3.63) is 39.4 Å². The summed E-state index contributed by atoms with van der Waals surface area (Å²) < 4.78 is 5.02. The van der Waals surface area contributed by atoms with Gasteiger partial charge in [-0.15, -0.1) is 22.7 Å². The second-order valence-corrected chi connectivity index (χ2v) is 7.47. The Morgan fingerprint density at radius 2 is 2.21 bits per heavy atom. The Labute approximate surface area is 149 Å². The average Bonchev–Trinajstić information content (AvgIpc) is 3.28. The highest BCUT2D eigenvalue weighted by atomic mass is 32.1. The summed E-state index contributed by atoms with van der Waals surface area (Å²) in [4.78, 5) is 27.8. The number of rotatable bonds is 6. The number of anilines is 1. The zero-order valence-corrected chi connectivity index (χ0v) is 15.1. The fourth-order valence-electron chi connectivity index (χ4n) is 2.94. The van der Waals surface area contributed by atoms with Crippen LogP contribution in [0, 0.1) is 0 Å². The molecule has 1 fully saturated rings. The first-order valence-electron chi connectivity index (χ1n) is 8.01. The van der Waals surface area contributed by atoms with E-state index in [0.717, 1.165) is 19.4 Å². The Kier molecular flexibility index (Phi) is 5.65. The maximum atomic E-state index is 12.4. The first-order chi connectivity index (χ1) is 11.7. The number of ether oxygens (including phenoxy) is 1. The summed E-state index contributed by atoms with van der Waals surface area (Å²) in [6.45, 7) is 3.34. The molecule has 2 aromatic rings. The Bertz CT molecular complexity index is 697. The van der Waals surface area contributed by atoms with Crippen LogP contribution in [0.5, 0.6) is 0 Å². The van der Waals surface area contributed by atoms with E-state index in [1.165, 1.54) is 16.2 Å². The number of carbonyl (C=O) groups is 2. The van der Waals surface area contributed by atoms with Crippen LogP contribution in [0.25, 0.3) is 0 Å². The van der Waals surface area contributed by atoms with Crippen molar-refractivity contribution in [2.24, 2.45) is 0 Å². The molecule has 2 aromatic heterocycles. The molecule has 0 saturated carbocycles. The largest absolute Gasteiger partial charge is 0.462 e. The topological polar surface area (TPSA) is 58.6 Å². The minimum atomic E-state index is -0.397. The summed E-state index contributed by atoms with van der Waals surface area (Å²) in [5.41, 5.74) is 0.423. The Morgan fingerprint density at radius 1 is 1.33 bits per heavy atom. The number of esters is 1. The maximum Gasteiger partial charge on any atom is 0.341 e. The van der Waals surface area contributed by atoms with Gasteiger partial charge in [0.2, 0.25) is 5.91 Å². The zero-order valence-electron chi connectivity index (χ0n) is 13.5. The number of amides is 1. The van der Waals surface area contributed by atoms with Gasteiger partial charge in [-0.1, -0.05) is 6.07 Å². The van der Waals surface area contributed by atoms with E-state index >= 15 is 0 Å². The zero-order chi connectivity index (χ0) is 16.9. The lowest BCUT2D eigenvalue weighted by atomic mass is 10.2. The molecule has 0 unspecified atom stereocenters. The number of hydrogen-bond acceptors (Lipinski definition) is 6. The number of thiophene rings is 2. The third-order valence-electron chi connectivity index (χ3n) is 4.00. The van der Waals surface area contributed by atoms with Crippen molar-refractivity contribution in [2.75, 3.05) is 25.0 Å². The SMILES string of the molecule is CCOC(=O)c1ccsc1NC(=O)CN1CCC[C@@H]1c1cccs1. The van der Waals surface area contributed by atoms with Crippen molar-refractivity contribution in [1.29, 1.82) is 0 Å². The lowest BCUT2D eigenvalue weighted by molar-refractivity contribution is -0.117. The van der Waals surface area contributed by atoms with Gasteiger partial charge in [0.25, 0.3) is 0 Å². The molecule has 1 aliphatic heterocycles. The van der Waals surface area contributed by atoms with Crippen LogP contribution in [-0.2, 0) is 9.53 Å². The van der Waals surface area contributed by atoms with Gasteiger partial charge >= 0.3 is 5.97 Å². The predicted octanol–water partition coefficient (Wildman–Crippen LogP) is 3.76. The maximum absolute atomic E-state index is 12.4. The van der Waals surface area contributed by atoms with Gasteiger partial charge in [-0.2, -0.15) is 0 Å². The smallest absolute Gasteiger partial charge is 0.341 e. The van der Waals surface area contributed by atoms with E-state index in [-0.39, 0.29) is 5.91 Å². The third-order valence-corrected chi connectivity index (χ3v) is 5.80. The number of hydrogen-bond donors (Lipinski definition) is 1. The van der Waals surface area contributed by atoms with Crippen LogP contribution in [0.4, 0.5) is 5.00 Å². The normalized spacial score (nSPS) is 17.8. The molecule has 24 heavy (non-hydrogen) atoms. The first kappa shape index (κ1) is 17.1. The molecule has 0 bridgehead atoms. The Balaban J connectivity index is 1.62. The molecule has 0 aliphatic carbocycles.